The number of carboxylic acid groups (broad SMARTS) is 3. The molecule has 1 aromatic heterocycles. The van der Waals surface area contributed by atoms with Gasteiger partial charge in [-0.05, 0) is 68.7 Å². The van der Waals surface area contributed by atoms with Crippen LogP contribution in [0.4, 0.5) is 0 Å². The molecule has 6 amide bonds. The van der Waals surface area contributed by atoms with Crippen LogP contribution in [0.1, 0.15) is 82.9 Å². The van der Waals surface area contributed by atoms with Crippen LogP contribution in [0, 0.1) is 17.8 Å². The van der Waals surface area contributed by atoms with Gasteiger partial charge in [-0.2, -0.15) is 0 Å². The molecule has 0 aromatic carbocycles. The Morgan fingerprint density at radius 2 is 1.32 bits per heavy atom. The molecular weight excluding hydrogens is 1050 g/mol. The Bertz CT molecular complexity index is 2430. The second kappa shape index (κ2) is 30.1. The molecule has 3 unspecified atom stereocenters. The molecule has 442 valence electrons. The number of carbonyl (C=O) groups excluding carboxylic acids is 8. The molecule has 80 heavy (non-hydrogen) atoms. The zero-order valence-corrected chi connectivity index (χ0v) is 45.9. The topological polar surface area (TPSA) is 357 Å². The van der Waals surface area contributed by atoms with Gasteiger partial charge in [-0.1, -0.05) is 26.3 Å². The molecule has 5 heterocycles. The molecule has 0 saturated carbocycles. The van der Waals surface area contributed by atoms with Crippen molar-refractivity contribution in [2.75, 3.05) is 98.7 Å². The Labute approximate surface area is 464 Å². The number of nitrogens with zero attached hydrogens (tertiary/aromatic N) is 5. The van der Waals surface area contributed by atoms with Gasteiger partial charge in [0.25, 0.3) is 0 Å². The number of hydrogen-bond acceptors (Lipinski definition) is 17. The van der Waals surface area contributed by atoms with Crippen LogP contribution in [0.5, 0.6) is 0 Å². The number of Topliss-reactive ketones (excluding diaryl/α,β-unsaturated/α-hetero) is 1. The zero-order chi connectivity index (χ0) is 58.0. The molecule has 27 heteroatoms. The van der Waals surface area contributed by atoms with E-state index >= 15 is 0 Å². The standard InChI is InChI=1S/C53H79N11O16/c1-4-32(2)47(52(78)57-37-12-18-64-17-11-34-25-35(26-36(48(34)64)49(37)75)50(76)58-39-27-46(74)80-53(39)79-3)59-41(66)8-13-54-40(65)7-14-55-51(77)38(5-6-43(68)69)56-42(67)29-60-15-9-33(10-16-60)28-61-19-21-62(30-44(70)71)23-24-63(22-20-61)31-45(72)73/h11,17,26,32-33,35,37-39,47,53H,4-10,12-16,18-25,27-31H2,1-3H3,(H,54,65)(H,55,77)(H,56,67)(H,57,78)(H,58,76)(H,59,66)(H,68,69)(H,70,71)(H,72,73)/t32?,35-,37-,38?,39+,47?,53+/m0/s1. The highest BCUT2D eigenvalue weighted by atomic mass is 16.7. The van der Waals surface area contributed by atoms with Crippen molar-refractivity contribution < 1.29 is 77.5 Å². The van der Waals surface area contributed by atoms with Crippen molar-refractivity contribution in [3.8, 4) is 0 Å². The van der Waals surface area contributed by atoms with Gasteiger partial charge in [-0.15, -0.1) is 0 Å². The summed E-state index contributed by atoms with van der Waals surface area (Å²) in [7, 11) is 1.37. The molecule has 27 nitrogen and oxygen atoms in total. The maximum absolute atomic E-state index is 14.2. The molecule has 6 rings (SSSR count). The summed E-state index contributed by atoms with van der Waals surface area (Å²) in [4.78, 5) is 148. The second-order valence-corrected chi connectivity index (χ2v) is 21.4. The molecule has 9 N–H and O–H groups in total. The third-order valence-corrected chi connectivity index (χ3v) is 15.5. The fraction of sp³-hybridized carbons (Fsp3) is 0.679. The number of carboxylic acids is 3. The summed E-state index contributed by atoms with van der Waals surface area (Å²) in [5, 5.41) is 44.4. The highest BCUT2D eigenvalue weighted by molar-refractivity contribution is 6.24. The number of rotatable bonds is 27. The number of carbonyl (C=O) groups is 11. The number of aromatic nitrogens is 1. The number of aliphatic carboxylic acids is 3. The number of piperidine rings is 1. The lowest BCUT2D eigenvalue weighted by Crippen LogP contribution is -2.54. The lowest BCUT2D eigenvalue weighted by Gasteiger charge is -2.35. The number of ketones is 1. The summed E-state index contributed by atoms with van der Waals surface area (Å²) in [5.41, 5.74) is 1.74. The number of amides is 6. The molecular formula is C53H79N11O16. The van der Waals surface area contributed by atoms with Gasteiger partial charge < -0.3 is 66.2 Å². The van der Waals surface area contributed by atoms with Crippen LogP contribution in [0.25, 0.3) is 5.57 Å². The van der Waals surface area contributed by atoms with E-state index in [1.54, 1.807) is 13.0 Å². The number of ether oxygens (including phenoxy) is 2. The maximum atomic E-state index is 14.2. The zero-order valence-electron chi connectivity index (χ0n) is 45.9. The SMILES string of the molecule is CCC(C)C(NC(=O)CCNC(=O)CCNC(=O)C(CCC(=O)O)NC(=O)CN1CCC(CN2CCN(CC(=O)O)CCN(CC(=O)O)CC2)CC1)C(=O)N[C@H]1CCn2ccc3c2C(=C[C@@H](C(=O)N[C@@H]2CC(=O)O[C@H]2OC)C3)C1=O. The minimum Gasteiger partial charge on any atom is -0.481 e. The molecule has 0 spiro atoms. The van der Waals surface area contributed by atoms with Crippen LogP contribution >= 0.6 is 0 Å². The summed E-state index contributed by atoms with van der Waals surface area (Å²) in [6.07, 6.45) is 4.01. The van der Waals surface area contributed by atoms with Crippen LogP contribution in [-0.2, 0) is 75.2 Å². The second-order valence-electron chi connectivity index (χ2n) is 21.4. The highest BCUT2D eigenvalue weighted by Gasteiger charge is 2.41. The molecule has 3 saturated heterocycles. The molecule has 0 radical (unpaired) electrons. The number of hydrogen-bond donors (Lipinski definition) is 9. The van der Waals surface area contributed by atoms with E-state index in [0.717, 1.165) is 24.9 Å². The lowest BCUT2D eigenvalue weighted by molar-refractivity contribution is -0.160. The molecule has 4 aliphatic heterocycles. The van der Waals surface area contributed by atoms with E-state index in [1.165, 1.54) is 7.11 Å². The Morgan fingerprint density at radius 1 is 0.700 bits per heavy atom. The Kier molecular flexibility index (Phi) is 23.5. The molecule has 1 aliphatic carbocycles. The number of cyclic esters (lactones) is 1. The quantitative estimate of drug-likeness (QED) is 0.0415. The van der Waals surface area contributed by atoms with Crippen molar-refractivity contribution in [3.63, 3.8) is 0 Å². The average Bonchev–Trinajstić information content (AvgIpc) is 4.01. The monoisotopic (exact) mass is 1130 g/mol. The van der Waals surface area contributed by atoms with E-state index in [4.69, 9.17) is 9.47 Å². The predicted molar refractivity (Wildman–Crippen MR) is 284 cm³/mol. The molecule has 7 atom stereocenters. The van der Waals surface area contributed by atoms with E-state index in [1.807, 2.05) is 38.5 Å². The van der Waals surface area contributed by atoms with Gasteiger partial charge in [0, 0.05) is 104 Å². The maximum Gasteiger partial charge on any atom is 0.317 e. The molecule has 1 aromatic rings. The first-order valence-electron chi connectivity index (χ1n) is 27.6. The number of esters is 1. The molecule has 5 aliphatic rings. The Balaban J connectivity index is 0.914. The fourth-order valence-electron chi connectivity index (χ4n) is 10.8. The lowest BCUT2D eigenvalue weighted by atomic mass is 9.85. The van der Waals surface area contributed by atoms with E-state index in [2.05, 4.69) is 36.8 Å². The summed E-state index contributed by atoms with van der Waals surface area (Å²) < 4.78 is 12.2. The summed E-state index contributed by atoms with van der Waals surface area (Å²) >= 11 is 0. The van der Waals surface area contributed by atoms with Gasteiger partial charge in [0.1, 0.15) is 18.1 Å². The van der Waals surface area contributed by atoms with Crippen molar-refractivity contribution in [2.45, 2.75) is 115 Å². The van der Waals surface area contributed by atoms with Crippen molar-refractivity contribution in [1.29, 1.82) is 0 Å². The predicted octanol–water partition coefficient (Wildman–Crippen LogP) is -2.40. The first-order valence-corrected chi connectivity index (χ1v) is 27.6. The van der Waals surface area contributed by atoms with Crippen molar-refractivity contribution in [1.82, 2.24) is 56.1 Å². The first kappa shape index (κ1) is 62.4. The van der Waals surface area contributed by atoms with Gasteiger partial charge in [0.05, 0.1) is 43.7 Å². The Morgan fingerprint density at radius 3 is 1.95 bits per heavy atom. The average molecular weight is 1130 g/mol. The number of methoxy groups -OCH3 is 1. The van der Waals surface area contributed by atoms with E-state index in [9.17, 15) is 68.1 Å². The number of nitrogens with one attached hydrogen (secondary N) is 6. The summed E-state index contributed by atoms with van der Waals surface area (Å²) in [6.45, 7) is 8.58. The summed E-state index contributed by atoms with van der Waals surface area (Å²) in [6, 6.07) is -2.05. The third kappa shape index (κ3) is 18.6. The minimum absolute atomic E-state index is 0.0290. The van der Waals surface area contributed by atoms with Crippen molar-refractivity contribution in [2.24, 2.45) is 17.8 Å². The smallest absolute Gasteiger partial charge is 0.317 e. The number of likely N-dealkylation sites (tertiary alicyclic amines) is 1. The van der Waals surface area contributed by atoms with Gasteiger partial charge in [0.15, 0.2) is 5.78 Å². The van der Waals surface area contributed by atoms with E-state index < -0.39 is 102 Å². The summed E-state index contributed by atoms with van der Waals surface area (Å²) in [5.74, 6) is -7.97. The van der Waals surface area contributed by atoms with Crippen molar-refractivity contribution in [3.05, 3.63) is 29.6 Å². The fourth-order valence-corrected chi connectivity index (χ4v) is 10.8. The Hall–Kier alpha value is -6.81. The van der Waals surface area contributed by atoms with Gasteiger partial charge in [0.2, 0.25) is 41.7 Å². The van der Waals surface area contributed by atoms with Gasteiger partial charge in [-0.25, -0.2) is 0 Å². The molecule has 3 fully saturated rings. The van der Waals surface area contributed by atoms with Crippen molar-refractivity contribution >= 4 is 70.7 Å². The van der Waals surface area contributed by atoms with Crippen LogP contribution in [0.3, 0.4) is 0 Å². The first-order chi connectivity index (χ1) is 38.2. The largest absolute Gasteiger partial charge is 0.481 e. The van der Waals surface area contributed by atoms with E-state index in [0.29, 0.717) is 77.4 Å². The minimum atomic E-state index is -1.19. The molecule has 0 bridgehead atoms. The number of aryl methyl sites for hydroxylation is 1. The van der Waals surface area contributed by atoms with Crippen LogP contribution in [0.2, 0.25) is 0 Å². The van der Waals surface area contributed by atoms with Crippen LogP contribution in [0.15, 0.2) is 18.3 Å². The van der Waals surface area contributed by atoms with Crippen LogP contribution < -0.4 is 31.9 Å². The third-order valence-electron chi connectivity index (χ3n) is 15.5. The highest BCUT2D eigenvalue weighted by Crippen LogP contribution is 2.35. The van der Waals surface area contributed by atoms with Gasteiger partial charge in [-0.3, -0.25) is 67.4 Å². The van der Waals surface area contributed by atoms with E-state index in [-0.39, 0.29) is 88.0 Å². The normalized spacial score (nSPS) is 22.5. The van der Waals surface area contributed by atoms with Gasteiger partial charge >= 0.3 is 23.9 Å². The van der Waals surface area contributed by atoms with Crippen LogP contribution in [-0.4, -0.2) is 234 Å².